The van der Waals surface area contributed by atoms with E-state index < -0.39 is 5.97 Å². The first-order valence-electron chi connectivity index (χ1n) is 6.85. The number of nitrogens with zero attached hydrogens (tertiary/aromatic N) is 4. The number of hydrogen-bond donors (Lipinski definition) is 1. The number of hydrogen-bond acceptors (Lipinski definition) is 5. The lowest BCUT2D eigenvalue weighted by atomic mass is 10.1. The van der Waals surface area contributed by atoms with Gasteiger partial charge in [-0.25, -0.2) is 9.66 Å². The molecule has 2 rings (SSSR count). The van der Waals surface area contributed by atoms with Gasteiger partial charge < -0.3 is 15.0 Å². The van der Waals surface area contributed by atoms with E-state index in [-0.39, 0.29) is 5.75 Å². The van der Waals surface area contributed by atoms with Gasteiger partial charge in [-0.1, -0.05) is 25.6 Å². The zero-order valence-electron chi connectivity index (χ0n) is 12.2. The predicted octanol–water partition coefficient (Wildman–Crippen LogP) is 1.07. The fourth-order valence-corrected chi connectivity index (χ4v) is 2.96. The van der Waals surface area contributed by atoms with Crippen LogP contribution in [-0.2, 0) is 4.79 Å². The smallest absolute Gasteiger partial charge is 0.313 e. The van der Waals surface area contributed by atoms with E-state index in [1.165, 1.54) is 11.8 Å². The van der Waals surface area contributed by atoms with Gasteiger partial charge in [0.25, 0.3) is 0 Å². The first-order chi connectivity index (χ1) is 9.49. The van der Waals surface area contributed by atoms with E-state index in [1.807, 2.05) is 6.20 Å². The van der Waals surface area contributed by atoms with Crippen molar-refractivity contribution in [3.8, 4) is 0 Å². The van der Waals surface area contributed by atoms with Crippen LogP contribution in [0.2, 0.25) is 0 Å². The van der Waals surface area contributed by atoms with E-state index in [9.17, 15) is 4.79 Å². The highest BCUT2D eigenvalue weighted by Crippen LogP contribution is 2.24. The molecule has 1 fully saturated rings. The minimum absolute atomic E-state index is 0.0439. The maximum Gasteiger partial charge on any atom is 0.313 e. The molecule has 0 unspecified atom stereocenters. The first kappa shape index (κ1) is 15.2. The Hall–Kier alpha value is -1.21. The van der Waals surface area contributed by atoms with Crippen molar-refractivity contribution in [2.24, 2.45) is 0 Å². The van der Waals surface area contributed by atoms with Crippen LogP contribution in [0.3, 0.4) is 0 Å². The third-order valence-corrected chi connectivity index (χ3v) is 4.34. The predicted molar refractivity (Wildman–Crippen MR) is 80.1 cm³/mol. The van der Waals surface area contributed by atoms with Gasteiger partial charge in [-0.05, 0) is 13.0 Å². The molecule has 7 heteroatoms. The van der Waals surface area contributed by atoms with Crippen LogP contribution >= 0.6 is 11.8 Å². The summed E-state index contributed by atoms with van der Waals surface area (Å²) in [5, 5.41) is 11.9. The van der Waals surface area contributed by atoms with Gasteiger partial charge in [0.15, 0.2) is 5.16 Å². The SMILES string of the molecule is CC(C)c1cnc(SCC(=O)O)n1N1CCN(C)CC1. The number of carboxylic acids is 1. The van der Waals surface area contributed by atoms with Crippen molar-refractivity contribution in [1.29, 1.82) is 0 Å². The molecule has 1 aliphatic rings. The van der Waals surface area contributed by atoms with Crippen molar-refractivity contribution in [2.45, 2.75) is 24.9 Å². The molecule has 0 bridgehead atoms. The average molecular weight is 298 g/mol. The number of aliphatic carboxylic acids is 1. The molecular formula is C13H22N4O2S. The standard InChI is InChI=1S/C13H22N4O2S/c1-10(2)11-8-14-13(20-9-12(18)19)17(11)16-6-4-15(3)5-7-16/h8,10H,4-7,9H2,1-3H3,(H,18,19). The summed E-state index contributed by atoms with van der Waals surface area (Å²) in [5.41, 5.74) is 1.14. The van der Waals surface area contributed by atoms with E-state index >= 15 is 0 Å². The van der Waals surface area contributed by atoms with Gasteiger partial charge in [0.2, 0.25) is 0 Å². The van der Waals surface area contributed by atoms with Crippen LogP contribution in [0.4, 0.5) is 0 Å². The zero-order chi connectivity index (χ0) is 14.7. The molecule has 1 aromatic rings. The number of carboxylic acid groups (broad SMARTS) is 1. The Balaban J connectivity index is 2.22. The van der Waals surface area contributed by atoms with Crippen molar-refractivity contribution in [1.82, 2.24) is 14.6 Å². The highest BCUT2D eigenvalue weighted by molar-refractivity contribution is 7.99. The number of carbonyl (C=O) groups is 1. The highest BCUT2D eigenvalue weighted by atomic mass is 32.2. The van der Waals surface area contributed by atoms with Crippen LogP contribution in [0, 0.1) is 0 Å². The highest BCUT2D eigenvalue weighted by Gasteiger charge is 2.22. The summed E-state index contributed by atoms with van der Waals surface area (Å²) in [4.78, 5) is 17.5. The molecule has 0 aliphatic carbocycles. The zero-order valence-corrected chi connectivity index (χ0v) is 13.1. The lowest BCUT2D eigenvalue weighted by Crippen LogP contribution is -2.50. The molecule has 1 aromatic heterocycles. The van der Waals surface area contributed by atoms with E-state index in [0.29, 0.717) is 5.92 Å². The van der Waals surface area contributed by atoms with Crippen LogP contribution < -0.4 is 5.01 Å². The monoisotopic (exact) mass is 298 g/mol. The minimum atomic E-state index is -0.811. The number of rotatable bonds is 5. The van der Waals surface area contributed by atoms with Crippen molar-refractivity contribution in [3.05, 3.63) is 11.9 Å². The second kappa shape index (κ2) is 6.49. The lowest BCUT2D eigenvalue weighted by molar-refractivity contribution is -0.133. The largest absolute Gasteiger partial charge is 0.481 e. The summed E-state index contributed by atoms with van der Waals surface area (Å²) in [7, 11) is 2.12. The molecule has 1 N–H and O–H groups in total. The summed E-state index contributed by atoms with van der Waals surface area (Å²) in [6.07, 6.45) is 1.87. The summed E-state index contributed by atoms with van der Waals surface area (Å²) in [6, 6.07) is 0. The fourth-order valence-electron chi connectivity index (χ4n) is 2.24. The molecule has 0 atom stereocenters. The third-order valence-electron chi connectivity index (χ3n) is 3.41. The van der Waals surface area contributed by atoms with E-state index in [1.54, 1.807) is 0 Å². The van der Waals surface area contributed by atoms with Gasteiger partial charge in [0.1, 0.15) is 0 Å². The molecule has 20 heavy (non-hydrogen) atoms. The Morgan fingerprint density at radius 1 is 1.40 bits per heavy atom. The molecular weight excluding hydrogens is 276 g/mol. The van der Waals surface area contributed by atoms with Crippen LogP contribution in [0.15, 0.2) is 11.4 Å². The van der Waals surface area contributed by atoms with Crippen molar-refractivity contribution >= 4 is 17.7 Å². The molecule has 0 saturated carbocycles. The summed E-state index contributed by atoms with van der Waals surface area (Å²) < 4.78 is 2.12. The van der Waals surface area contributed by atoms with Gasteiger partial charge in [-0.2, -0.15) is 0 Å². The average Bonchev–Trinajstić information content (AvgIpc) is 2.81. The van der Waals surface area contributed by atoms with E-state index in [4.69, 9.17) is 5.11 Å². The molecule has 112 valence electrons. The van der Waals surface area contributed by atoms with Crippen molar-refractivity contribution in [2.75, 3.05) is 44.0 Å². The Bertz CT molecular complexity index is 467. The summed E-state index contributed by atoms with van der Waals surface area (Å²) in [6.45, 7) is 8.17. The molecule has 2 heterocycles. The van der Waals surface area contributed by atoms with Crippen LogP contribution in [-0.4, -0.2) is 64.6 Å². The van der Waals surface area contributed by atoms with Gasteiger partial charge >= 0.3 is 5.97 Å². The second-order valence-corrected chi connectivity index (χ2v) is 6.31. The van der Waals surface area contributed by atoms with Crippen molar-refractivity contribution in [3.63, 3.8) is 0 Å². The number of thioether (sulfide) groups is 1. The Morgan fingerprint density at radius 3 is 2.60 bits per heavy atom. The number of piperazine rings is 1. The minimum Gasteiger partial charge on any atom is -0.481 e. The summed E-state index contributed by atoms with van der Waals surface area (Å²) in [5.74, 6) is -0.405. The number of aromatic nitrogens is 2. The second-order valence-electron chi connectivity index (χ2n) is 5.37. The molecule has 1 saturated heterocycles. The molecule has 0 radical (unpaired) electrons. The Labute approximate surface area is 123 Å². The van der Waals surface area contributed by atoms with Crippen LogP contribution in [0.25, 0.3) is 0 Å². The summed E-state index contributed by atoms with van der Waals surface area (Å²) >= 11 is 1.28. The maximum absolute atomic E-state index is 10.8. The normalized spacial score (nSPS) is 16.9. The first-order valence-corrected chi connectivity index (χ1v) is 7.83. The molecule has 6 nitrogen and oxygen atoms in total. The van der Waals surface area contributed by atoms with Gasteiger partial charge in [-0.15, -0.1) is 0 Å². The topological polar surface area (TPSA) is 61.6 Å². The molecule has 0 spiro atoms. The maximum atomic E-state index is 10.8. The van der Waals surface area contributed by atoms with Gasteiger partial charge in [-0.3, -0.25) is 4.79 Å². The van der Waals surface area contributed by atoms with Crippen LogP contribution in [0.5, 0.6) is 0 Å². The number of imidazole rings is 1. The lowest BCUT2D eigenvalue weighted by Gasteiger charge is -2.36. The van der Waals surface area contributed by atoms with Crippen LogP contribution in [0.1, 0.15) is 25.5 Å². The Morgan fingerprint density at radius 2 is 2.05 bits per heavy atom. The molecule has 1 aliphatic heterocycles. The van der Waals surface area contributed by atoms with Crippen molar-refractivity contribution < 1.29 is 9.90 Å². The van der Waals surface area contributed by atoms with Gasteiger partial charge in [0, 0.05) is 26.2 Å². The third kappa shape index (κ3) is 3.46. The van der Waals surface area contributed by atoms with E-state index in [2.05, 4.69) is 40.5 Å². The molecule has 0 aromatic carbocycles. The molecule has 0 amide bonds. The number of likely N-dealkylation sites (N-methyl/N-ethyl adjacent to an activating group) is 1. The fraction of sp³-hybridized carbons (Fsp3) is 0.692. The Kier molecular flexibility index (Phi) is 4.93. The van der Waals surface area contributed by atoms with Gasteiger partial charge in [0.05, 0.1) is 17.6 Å². The van der Waals surface area contributed by atoms with E-state index in [0.717, 1.165) is 37.0 Å². The quantitative estimate of drug-likeness (QED) is 0.821.